The molecule has 0 aromatic rings. The van der Waals surface area contributed by atoms with Crippen LogP contribution in [-0.4, -0.2) is 49.9 Å². The predicted molar refractivity (Wildman–Crippen MR) is 182 cm³/mol. The average Bonchev–Trinajstić information content (AvgIpc) is 2.79. The summed E-state index contributed by atoms with van der Waals surface area (Å²) < 4.78 is 28.6. The quantitative estimate of drug-likeness (QED) is 0.129. The molecule has 0 unspecified atom stereocenters. The molecule has 0 aromatic heterocycles. The molecule has 1 aliphatic heterocycles. The second-order valence-electron chi connectivity index (χ2n) is 15.4. The average molecular weight is 621 g/mol. The van der Waals surface area contributed by atoms with Crippen molar-refractivity contribution in [1.29, 1.82) is 0 Å². The van der Waals surface area contributed by atoms with Crippen LogP contribution < -0.4 is 18.9 Å². The topological polar surface area (TPSA) is 36.9 Å². The van der Waals surface area contributed by atoms with E-state index in [-0.39, 0.29) is 37.2 Å². The van der Waals surface area contributed by atoms with Gasteiger partial charge in [-0.15, -0.1) is 0 Å². The molecule has 0 spiro atoms. The van der Waals surface area contributed by atoms with Crippen molar-refractivity contribution < 1.29 is 36.9 Å². The van der Waals surface area contributed by atoms with Gasteiger partial charge in [0.15, 0.2) is 0 Å². The Kier molecular flexibility index (Phi) is 17.1. The van der Waals surface area contributed by atoms with Crippen LogP contribution in [0.15, 0.2) is 6.08 Å². The zero-order chi connectivity index (χ0) is 31.4. The molecule has 0 saturated heterocycles. The third-order valence-corrected chi connectivity index (χ3v) is 28.7. The minimum Gasteiger partial charge on any atom is -0.688 e. The van der Waals surface area contributed by atoms with Gasteiger partial charge in [0, 0.05) is 0 Å². The second kappa shape index (κ2) is 16.8. The van der Waals surface area contributed by atoms with E-state index >= 15 is 0 Å². The Morgan fingerprint density at radius 1 is 0.537 bits per heavy atom. The molecule has 0 radical (unpaired) electrons. The van der Waals surface area contributed by atoms with E-state index in [4.69, 9.17) is 18.0 Å². The molecule has 4 nitrogen and oxygen atoms in total. The van der Waals surface area contributed by atoms with E-state index in [1.54, 1.807) is 0 Å². The van der Waals surface area contributed by atoms with Crippen LogP contribution in [0.1, 0.15) is 125 Å². The molecule has 1 aliphatic rings. The van der Waals surface area contributed by atoms with Gasteiger partial charge in [-0.05, 0) is 49.9 Å². The molecule has 0 N–H and O–H groups in total. The summed E-state index contributed by atoms with van der Waals surface area (Å²) in [7, 11) is -6.49. The smallest absolute Gasteiger partial charge is 0.688 e. The van der Waals surface area contributed by atoms with Crippen LogP contribution in [0.2, 0.25) is 49.9 Å². The van der Waals surface area contributed by atoms with Crippen LogP contribution in [0.5, 0.6) is 0 Å². The van der Waals surface area contributed by atoms with Gasteiger partial charge in [0.1, 0.15) is 12.2 Å². The molecule has 0 saturated carbocycles. The largest absolute Gasteiger partial charge is 1.00 e. The summed E-state index contributed by atoms with van der Waals surface area (Å²) in [6.07, 6.45) is 4.60. The molecular weight excluding hydrogens is 552 g/mol. The van der Waals surface area contributed by atoms with E-state index in [0.717, 1.165) is 0 Å². The molecule has 238 valence electrons. The number of hydrogen-bond acceptors (Lipinski definition) is 4. The first kappa shape index (κ1) is 41.7. The van der Waals surface area contributed by atoms with E-state index in [1.807, 2.05) is 6.08 Å². The standard InChI is InChI=1S/C33H69O4Si3.Li/c1-22(2)38(23(3)4,24(5)6)35-21-32-33(37-40(28(13)14,29(15)16)30(17)18)31(19-20-34-32)36-39(25(7)8,26(9)10)27(11)12;/h19,22-33H,21H2,1-18H3;/q-1;+1/t31-,32-,33+;/m1./s1. The third kappa shape index (κ3) is 8.48. The molecule has 0 amide bonds. The van der Waals surface area contributed by atoms with Crippen LogP contribution in [0, 0.1) is 6.26 Å². The van der Waals surface area contributed by atoms with Crippen molar-refractivity contribution in [2.24, 2.45) is 0 Å². The Balaban J connectivity index is 0.0000160. The van der Waals surface area contributed by atoms with Gasteiger partial charge in [-0.1, -0.05) is 125 Å². The zero-order valence-corrected chi connectivity index (χ0v) is 33.8. The fraction of sp³-hybridized carbons (Fsp3) is 0.939. The minimum absolute atomic E-state index is 0. The van der Waals surface area contributed by atoms with Gasteiger partial charge in [-0.25, -0.2) is 6.08 Å². The van der Waals surface area contributed by atoms with E-state index in [1.165, 1.54) is 0 Å². The first-order valence-corrected chi connectivity index (χ1v) is 22.9. The summed E-state index contributed by atoms with van der Waals surface area (Å²) in [4.78, 5) is 0. The Morgan fingerprint density at radius 3 is 1.17 bits per heavy atom. The number of hydrogen-bond donors (Lipinski definition) is 0. The van der Waals surface area contributed by atoms with Crippen LogP contribution >= 0.6 is 0 Å². The van der Waals surface area contributed by atoms with Crippen molar-refractivity contribution in [3.8, 4) is 0 Å². The predicted octanol–water partition coefficient (Wildman–Crippen LogP) is 8.02. The van der Waals surface area contributed by atoms with Crippen molar-refractivity contribution >= 4 is 25.0 Å². The van der Waals surface area contributed by atoms with Gasteiger partial charge in [-0.3, -0.25) is 0 Å². The first-order valence-electron chi connectivity index (χ1n) is 16.5. The monoisotopic (exact) mass is 620 g/mol. The fourth-order valence-electron chi connectivity index (χ4n) is 8.95. The van der Waals surface area contributed by atoms with E-state index in [2.05, 4.69) is 131 Å². The van der Waals surface area contributed by atoms with Gasteiger partial charge >= 0.3 is 18.9 Å². The van der Waals surface area contributed by atoms with E-state index in [9.17, 15) is 0 Å². The number of rotatable bonds is 16. The van der Waals surface area contributed by atoms with Crippen molar-refractivity contribution in [3.05, 3.63) is 12.3 Å². The Hall–Kier alpha value is 0.668. The first-order chi connectivity index (χ1) is 18.3. The van der Waals surface area contributed by atoms with Crippen molar-refractivity contribution in [1.82, 2.24) is 0 Å². The Bertz CT molecular complexity index is 715. The van der Waals surface area contributed by atoms with E-state index < -0.39 is 25.0 Å². The summed E-state index contributed by atoms with van der Waals surface area (Å²) in [5.74, 6) is 0. The van der Waals surface area contributed by atoms with Gasteiger partial charge in [0.25, 0.3) is 0 Å². The van der Waals surface area contributed by atoms with Crippen molar-refractivity contribution in [2.45, 2.75) is 193 Å². The van der Waals surface area contributed by atoms with Crippen LogP contribution in [0.25, 0.3) is 0 Å². The molecule has 8 heteroatoms. The van der Waals surface area contributed by atoms with Gasteiger partial charge in [-0.2, -0.15) is 0 Å². The summed E-state index contributed by atoms with van der Waals surface area (Å²) in [5.41, 5.74) is 4.44. The Morgan fingerprint density at radius 2 is 0.854 bits per heavy atom. The molecule has 0 aromatic carbocycles. The number of ether oxygens (including phenoxy) is 1. The molecular formula is C33H69LiO4Si3. The summed E-state index contributed by atoms with van der Waals surface area (Å²) in [6, 6.07) is 0. The SMILES string of the molecule is CC(C)[Si](OC[C@H]1O[C-]=C[C@@H](O[Si](C(C)C)(C(C)C)C(C)C)[C@@H]1O[Si](C(C)C)(C(C)C)C(C)C)(C(C)C)C(C)C.[Li+]. The summed E-state index contributed by atoms with van der Waals surface area (Å²) >= 11 is 0. The maximum atomic E-state index is 7.60. The van der Waals surface area contributed by atoms with Crippen molar-refractivity contribution in [3.63, 3.8) is 0 Å². The normalized spacial score (nSPS) is 21.0. The molecule has 0 bridgehead atoms. The third-order valence-electron chi connectivity index (χ3n) is 10.4. The minimum atomic E-state index is -2.23. The maximum Gasteiger partial charge on any atom is 1.00 e. The van der Waals surface area contributed by atoms with Crippen LogP contribution in [0.3, 0.4) is 0 Å². The molecule has 0 fully saturated rings. The van der Waals surface area contributed by atoms with Crippen molar-refractivity contribution in [2.75, 3.05) is 6.61 Å². The van der Waals surface area contributed by atoms with Gasteiger partial charge in [0.2, 0.25) is 25.0 Å². The fourth-order valence-corrected chi connectivity index (χ4v) is 25.5. The molecule has 41 heavy (non-hydrogen) atoms. The van der Waals surface area contributed by atoms with Crippen LogP contribution in [0.4, 0.5) is 0 Å². The van der Waals surface area contributed by atoms with E-state index in [0.29, 0.717) is 56.5 Å². The van der Waals surface area contributed by atoms with Gasteiger partial charge in [0.05, 0.1) is 12.7 Å². The zero-order valence-electron chi connectivity index (χ0n) is 30.8. The maximum absolute atomic E-state index is 7.60. The molecule has 3 atom stereocenters. The van der Waals surface area contributed by atoms with Crippen LogP contribution in [-0.2, 0) is 18.0 Å². The molecule has 1 heterocycles. The second-order valence-corrected chi connectivity index (χ2v) is 31.6. The summed E-state index contributed by atoms with van der Waals surface area (Å²) in [5, 5.41) is 0. The Labute approximate surface area is 272 Å². The summed E-state index contributed by atoms with van der Waals surface area (Å²) in [6.45, 7) is 43.0. The molecule has 0 aliphatic carbocycles. The van der Waals surface area contributed by atoms with Gasteiger partial charge < -0.3 is 24.3 Å². The molecule has 1 rings (SSSR count).